The van der Waals surface area contributed by atoms with Crippen LogP contribution in [0.4, 0.5) is 5.69 Å². The number of anilines is 1. The Balaban J connectivity index is 1.86. The van der Waals surface area contributed by atoms with Gasteiger partial charge in [-0.2, -0.15) is 0 Å². The molecule has 1 saturated heterocycles. The standard InChI is InChI=1S/C13H17NO2/c1-10-4-2-5-11(8-10)14-13(15)9-12-6-3-7-16-12/h2,4-5,8,12H,3,6-7,9H2,1H3,(H,14,15). The lowest BCUT2D eigenvalue weighted by Gasteiger charge is -2.10. The van der Waals surface area contributed by atoms with Crippen molar-refractivity contribution in [2.45, 2.75) is 32.3 Å². The normalized spacial score (nSPS) is 19.7. The van der Waals surface area contributed by atoms with E-state index in [9.17, 15) is 4.79 Å². The zero-order valence-electron chi connectivity index (χ0n) is 9.53. The zero-order chi connectivity index (χ0) is 11.4. The third-order valence-electron chi connectivity index (χ3n) is 2.74. The first-order chi connectivity index (χ1) is 7.74. The molecular weight excluding hydrogens is 202 g/mol. The summed E-state index contributed by atoms with van der Waals surface area (Å²) in [7, 11) is 0. The van der Waals surface area contributed by atoms with E-state index in [0.29, 0.717) is 6.42 Å². The van der Waals surface area contributed by atoms with E-state index in [1.165, 1.54) is 0 Å². The van der Waals surface area contributed by atoms with Gasteiger partial charge in [-0.25, -0.2) is 0 Å². The molecule has 0 bridgehead atoms. The number of benzene rings is 1. The number of nitrogens with one attached hydrogen (secondary N) is 1. The first-order valence-corrected chi connectivity index (χ1v) is 5.72. The minimum absolute atomic E-state index is 0.0394. The van der Waals surface area contributed by atoms with Crippen molar-refractivity contribution >= 4 is 11.6 Å². The highest BCUT2D eigenvalue weighted by Crippen LogP contribution is 2.16. The number of carbonyl (C=O) groups is 1. The molecule has 0 aliphatic carbocycles. The monoisotopic (exact) mass is 219 g/mol. The average Bonchev–Trinajstić information content (AvgIpc) is 2.70. The van der Waals surface area contributed by atoms with Crippen LogP contribution in [0.15, 0.2) is 24.3 Å². The Bertz CT molecular complexity index is 370. The molecule has 16 heavy (non-hydrogen) atoms. The van der Waals surface area contributed by atoms with E-state index in [-0.39, 0.29) is 12.0 Å². The van der Waals surface area contributed by atoms with Crippen LogP contribution in [-0.2, 0) is 9.53 Å². The topological polar surface area (TPSA) is 38.3 Å². The SMILES string of the molecule is Cc1cccc(NC(=O)CC2CCCO2)c1. The average molecular weight is 219 g/mol. The molecule has 2 rings (SSSR count). The van der Waals surface area contributed by atoms with E-state index in [1.54, 1.807) is 0 Å². The third kappa shape index (κ3) is 3.07. The van der Waals surface area contributed by atoms with Gasteiger partial charge in [-0.05, 0) is 37.5 Å². The van der Waals surface area contributed by atoms with Gasteiger partial charge in [0.05, 0.1) is 12.5 Å². The number of hydrogen-bond acceptors (Lipinski definition) is 2. The summed E-state index contributed by atoms with van der Waals surface area (Å²) in [6.07, 6.45) is 2.65. The summed E-state index contributed by atoms with van der Waals surface area (Å²) in [6, 6.07) is 7.82. The lowest BCUT2D eigenvalue weighted by molar-refractivity contribution is -0.118. The number of ether oxygens (including phenoxy) is 1. The molecule has 86 valence electrons. The fourth-order valence-electron chi connectivity index (χ4n) is 1.95. The van der Waals surface area contributed by atoms with Crippen LogP contribution in [0.5, 0.6) is 0 Å². The molecular formula is C13H17NO2. The van der Waals surface area contributed by atoms with E-state index >= 15 is 0 Å². The van der Waals surface area contributed by atoms with E-state index in [0.717, 1.165) is 30.7 Å². The maximum Gasteiger partial charge on any atom is 0.226 e. The lowest BCUT2D eigenvalue weighted by Crippen LogP contribution is -2.19. The maximum absolute atomic E-state index is 11.7. The second kappa shape index (κ2) is 5.12. The van der Waals surface area contributed by atoms with E-state index < -0.39 is 0 Å². The summed E-state index contributed by atoms with van der Waals surface area (Å²) in [5.74, 6) is 0.0394. The van der Waals surface area contributed by atoms with Gasteiger partial charge >= 0.3 is 0 Å². The third-order valence-corrected chi connectivity index (χ3v) is 2.74. The van der Waals surface area contributed by atoms with Crippen LogP contribution in [0, 0.1) is 6.92 Å². The number of hydrogen-bond donors (Lipinski definition) is 1. The largest absolute Gasteiger partial charge is 0.378 e. The van der Waals surface area contributed by atoms with Crippen molar-refractivity contribution < 1.29 is 9.53 Å². The molecule has 1 aromatic carbocycles. The van der Waals surface area contributed by atoms with Crippen LogP contribution in [0.3, 0.4) is 0 Å². The van der Waals surface area contributed by atoms with Crippen molar-refractivity contribution in [3.8, 4) is 0 Å². The summed E-state index contributed by atoms with van der Waals surface area (Å²) < 4.78 is 5.42. The highest BCUT2D eigenvalue weighted by atomic mass is 16.5. The molecule has 1 aromatic rings. The smallest absolute Gasteiger partial charge is 0.226 e. The first-order valence-electron chi connectivity index (χ1n) is 5.72. The fraction of sp³-hybridized carbons (Fsp3) is 0.462. The lowest BCUT2D eigenvalue weighted by atomic mass is 10.1. The molecule has 0 radical (unpaired) electrons. The van der Waals surface area contributed by atoms with E-state index in [4.69, 9.17) is 4.74 Å². The Kier molecular flexibility index (Phi) is 3.57. The van der Waals surface area contributed by atoms with Gasteiger partial charge in [0, 0.05) is 12.3 Å². The quantitative estimate of drug-likeness (QED) is 0.848. The Morgan fingerprint density at radius 2 is 2.44 bits per heavy atom. The van der Waals surface area contributed by atoms with Crippen LogP contribution in [-0.4, -0.2) is 18.6 Å². The van der Waals surface area contributed by atoms with Crippen molar-refractivity contribution in [2.75, 3.05) is 11.9 Å². The molecule has 1 aliphatic rings. The van der Waals surface area contributed by atoms with Gasteiger partial charge in [-0.15, -0.1) is 0 Å². The van der Waals surface area contributed by atoms with Crippen molar-refractivity contribution in [2.24, 2.45) is 0 Å². The molecule has 1 heterocycles. The van der Waals surface area contributed by atoms with Crippen molar-refractivity contribution in [3.05, 3.63) is 29.8 Å². The van der Waals surface area contributed by atoms with Crippen molar-refractivity contribution in [3.63, 3.8) is 0 Å². The summed E-state index contributed by atoms with van der Waals surface area (Å²) in [6.45, 7) is 2.80. The second-order valence-electron chi connectivity index (χ2n) is 4.26. The second-order valence-corrected chi connectivity index (χ2v) is 4.26. The Morgan fingerprint density at radius 3 is 3.12 bits per heavy atom. The van der Waals surface area contributed by atoms with Gasteiger partial charge in [-0.3, -0.25) is 4.79 Å². The van der Waals surface area contributed by atoms with Gasteiger partial charge in [-0.1, -0.05) is 12.1 Å². The molecule has 1 unspecified atom stereocenters. The predicted octanol–water partition coefficient (Wildman–Crippen LogP) is 2.50. The summed E-state index contributed by atoms with van der Waals surface area (Å²) in [5.41, 5.74) is 2.01. The number of aryl methyl sites for hydroxylation is 1. The first kappa shape index (κ1) is 11.1. The van der Waals surface area contributed by atoms with Crippen LogP contribution >= 0.6 is 0 Å². The van der Waals surface area contributed by atoms with Gasteiger partial charge in [0.2, 0.25) is 5.91 Å². The fourth-order valence-corrected chi connectivity index (χ4v) is 1.95. The molecule has 3 heteroatoms. The zero-order valence-corrected chi connectivity index (χ0v) is 9.53. The molecule has 1 fully saturated rings. The van der Waals surface area contributed by atoms with Gasteiger partial charge in [0.15, 0.2) is 0 Å². The molecule has 1 amide bonds. The highest BCUT2D eigenvalue weighted by molar-refractivity contribution is 5.91. The Morgan fingerprint density at radius 1 is 1.56 bits per heavy atom. The van der Waals surface area contributed by atoms with Gasteiger partial charge in [0.1, 0.15) is 0 Å². The van der Waals surface area contributed by atoms with Crippen LogP contribution in [0.1, 0.15) is 24.8 Å². The predicted molar refractivity (Wildman–Crippen MR) is 63.4 cm³/mol. The number of rotatable bonds is 3. The Labute approximate surface area is 95.8 Å². The maximum atomic E-state index is 11.7. The Hall–Kier alpha value is -1.35. The molecule has 1 atom stereocenters. The summed E-state index contributed by atoms with van der Waals surface area (Å²) >= 11 is 0. The molecule has 1 N–H and O–H groups in total. The van der Waals surface area contributed by atoms with Crippen molar-refractivity contribution in [1.82, 2.24) is 0 Å². The van der Waals surface area contributed by atoms with Crippen LogP contribution in [0.25, 0.3) is 0 Å². The molecule has 0 aromatic heterocycles. The minimum atomic E-state index is 0.0394. The minimum Gasteiger partial charge on any atom is -0.378 e. The van der Waals surface area contributed by atoms with Crippen LogP contribution in [0.2, 0.25) is 0 Å². The summed E-state index contributed by atoms with van der Waals surface area (Å²) in [5, 5.41) is 2.89. The van der Waals surface area contributed by atoms with Gasteiger partial charge in [0.25, 0.3) is 0 Å². The van der Waals surface area contributed by atoms with Crippen LogP contribution < -0.4 is 5.32 Å². The summed E-state index contributed by atoms with van der Waals surface area (Å²) in [4.78, 5) is 11.7. The molecule has 0 saturated carbocycles. The number of carbonyl (C=O) groups excluding carboxylic acids is 1. The molecule has 0 spiro atoms. The number of amides is 1. The highest BCUT2D eigenvalue weighted by Gasteiger charge is 2.18. The molecule has 1 aliphatic heterocycles. The van der Waals surface area contributed by atoms with Crippen molar-refractivity contribution in [1.29, 1.82) is 0 Å². The van der Waals surface area contributed by atoms with E-state index in [1.807, 2.05) is 31.2 Å². The van der Waals surface area contributed by atoms with Gasteiger partial charge < -0.3 is 10.1 Å². The molecule has 3 nitrogen and oxygen atoms in total. The van der Waals surface area contributed by atoms with E-state index in [2.05, 4.69) is 5.32 Å².